The van der Waals surface area contributed by atoms with Gasteiger partial charge in [-0.2, -0.15) is 5.10 Å². The van der Waals surface area contributed by atoms with Gasteiger partial charge >= 0.3 is 6.09 Å². The molecular formula is C17H29ClN4O2. The number of aryl methyl sites for hydroxylation is 2. The molecule has 6 nitrogen and oxygen atoms in total. The van der Waals surface area contributed by atoms with Crippen molar-refractivity contribution >= 4 is 17.7 Å². The second-order valence-corrected chi connectivity index (χ2v) is 7.96. The molecule has 24 heavy (non-hydrogen) atoms. The number of rotatable bonds is 2. The smallest absolute Gasteiger partial charge is 0.410 e. The summed E-state index contributed by atoms with van der Waals surface area (Å²) in [6, 6.07) is 0.284. The number of nitrogens with zero attached hydrogens (tertiary/aromatic N) is 4. The number of hydrogen-bond acceptors (Lipinski definition) is 4. The Kier molecular flexibility index (Phi) is 5.50. The molecule has 1 aliphatic heterocycles. The molecule has 7 heteroatoms. The maximum atomic E-state index is 12.4. The van der Waals surface area contributed by atoms with E-state index in [1.807, 2.05) is 39.6 Å². The Hall–Kier alpha value is -1.27. The maximum Gasteiger partial charge on any atom is 0.410 e. The first kappa shape index (κ1) is 19.1. The molecule has 0 aliphatic carbocycles. The predicted molar refractivity (Wildman–Crippen MR) is 95.2 cm³/mol. The summed E-state index contributed by atoms with van der Waals surface area (Å²) >= 11 is 6.36. The fourth-order valence-electron chi connectivity index (χ4n) is 3.07. The van der Waals surface area contributed by atoms with Gasteiger partial charge in [0.1, 0.15) is 10.8 Å². The molecule has 0 unspecified atom stereocenters. The van der Waals surface area contributed by atoms with Crippen molar-refractivity contribution in [1.29, 1.82) is 0 Å². The topological polar surface area (TPSA) is 50.6 Å². The van der Waals surface area contributed by atoms with Crippen molar-refractivity contribution in [1.82, 2.24) is 19.6 Å². The van der Waals surface area contributed by atoms with Crippen molar-refractivity contribution < 1.29 is 9.53 Å². The van der Waals surface area contributed by atoms with Crippen LogP contribution in [-0.2, 0) is 18.3 Å². The second kappa shape index (κ2) is 6.92. The summed E-state index contributed by atoms with van der Waals surface area (Å²) in [7, 11) is 1.85. The SMILES string of the molecule is Cc1nn(C)c(Cl)c1CN1CCN(C(=O)OC(C)(C)C)[C@H](C)[C@H]1C. The van der Waals surface area contributed by atoms with Gasteiger partial charge in [-0.15, -0.1) is 0 Å². The molecule has 0 bridgehead atoms. The van der Waals surface area contributed by atoms with Gasteiger partial charge in [-0.25, -0.2) is 4.79 Å². The lowest BCUT2D eigenvalue weighted by Crippen LogP contribution is -2.59. The van der Waals surface area contributed by atoms with E-state index in [-0.39, 0.29) is 18.2 Å². The van der Waals surface area contributed by atoms with Gasteiger partial charge in [0.2, 0.25) is 0 Å². The zero-order valence-electron chi connectivity index (χ0n) is 15.8. The van der Waals surface area contributed by atoms with E-state index in [0.29, 0.717) is 11.7 Å². The molecule has 2 rings (SSSR count). The van der Waals surface area contributed by atoms with Crippen molar-refractivity contribution in [2.24, 2.45) is 7.05 Å². The molecule has 0 spiro atoms. The van der Waals surface area contributed by atoms with Crippen LogP contribution in [0.25, 0.3) is 0 Å². The van der Waals surface area contributed by atoms with E-state index in [1.54, 1.807) is 4.68 Å². The van der Waals surface area contributed by atoms with Gasteiger partial charge in [0, 0.05) is 44.3 Å². The number of amides is 1. The molecule has 1 aliphatic rings. The molecule has 1 fully saturated rings. The highest BCUT2D eigenvalue weighted by Gasteiger charge is 2.36. The van der Waals surface area contributed by atoms with Crippen LogP contribution in [0, 0.1) is 6.92 Å². The first-order valence-corrected chi connectivity index (χ1v) is 8.80. The quantitative estimate of drug-likeness (QED) is 0.816. The van der Waals surface area contributed by atoms with Crippen LogP contribution in [0.5, 0.6) is 0 Å². The van der Waals surface area contributed by atoms with E-state index >= 15 is 0 Å². The summed E-state index contributed by atoms with van der Waals surface area (Å²) < 4.78 is 7.23. The van der Waals surface area contributed by atoms with Crippen molar-refractivity contribution in [2.45, 2.75) is 65.8 Å². The normalized spacial score (nSPS) is 22.8. The van der Waals surface area contributed by atoms with Gasteiger partial charge in [0.15, 0.2) is 0 Å². The molecule has 136 valence electrons. The third-order valence-corrected chi connectivity index (χ3v) is 5.13. The first-order valence-electron chi connectivity index (χ1n) is 8.43. The van der Waals surface area contributed by atoms with E-state index in [1.165, 1.54) is 0 Å². The van der Waals surface area contributed by atoms with E-state index in [4.69, 9.17) is 16.3 Å². The molecule has 0 N–H and O–H groups in total. The Balaban J connectivity index is 2.07. The lowest BCUT2D eigenvalue weighted by Gasteiger charge is -2.45. The lowest BCUT2D eigenvalue weighted by molar-refractivity contribution is -0.0144. The molecule has 0 saturated carbocycles. The predicted octanol–water partition coefficient (Wildman–Crippen LogP) is 3.21. The zero-order chi connectivity index (χ0) is 18.2. The summed E-state index contributed by atoms with van der Waals surface area (Å²) in [6.45, 7) is 14.0. The van der Waals surface area contributed by atoms with Crippen LogP contribution >= 0.6 is 11.6 Å². The Morgan fingerprint density at radius 2 is 1.92 bits per heavy atom. The minimum atomic E-state index is -0.475. The average molecular weight is 357 g/mol. The van der Waals surface area contributed by atoms with E-state index < -0.39 is 5.60 Å². The molecule has 1 saturated heterocycles. The fraction of sp³-hybridized carbons (Fsp3) is 0.765. The Morgan fingerprint density at radius 1 is 1.29 bits per heavy atom. The number of hydrogen-bond donors (Lipinski definition) is 0. The van der Waals surface area contributed by atoms with E-state index in [2.05, 4.69) is 23.8 Å². The lowest BCUT2D eigenvalue weighted by atomic mass is 10.0. The number of carbonyl (C=O) groups excluding carboxylic acids is 1. The molecular weight excluding hydrogens is 328 g/mol. The van der Waals surface area contributed by atoms with E-state index in [9.17, 15) is 4.79 Å². The number of aromatic nitrogens is 2. The van der Waals surface area contributed by atoms with Crippen LogP contribution in [0.1, 0.15) is 45.9 Å². The van der Waals surface area contributed by atoms with Gasteiger partial charge in [-0.1, -0.05) is 11.6 Å². The highest BCUT2D eigenvalue weighted by Crippen LogP contribution is 2.25. The molecule has 2 atom stereocenters. The van der Waals surface area contributed by atoms with Crippen LogP contribution in [-0.4, -0.2) is 56.4 Å². The summed E-state index contributed by atoms with van der Waals surface area (Å²) in [5.41, 5.74) is 1.54. The Morgan fingerprint density at radius 3 is 2.42 bits per heavy atom. The Labute approximate surface area is 149 Å². The second-order valence-electron chi connectivity index (χ2n) is 7.60. The molecule has 1 aromatic rings. The van der Waals surface area contributed by atoms with E-state index in [0.717, 1.165) is 24.3 Å². The first-order chi connectivity index (χ1) is 11.0. The third kappa shape index (κ3) is 4.03. The van der Waals surface area contributed by atoms with Crippen LogP contribution in [0.15, 0.2) is 0 Å². The summed E-state index contributed by atoms with van der Waals surface area (Å²) in [5, 5.41) is 5.06. The van der Waals surface area contributed by atoms with Crippen molar-refractivity contribution in [3.05, 3.63) is 16.4 Å². The highest BCUT2D eigenvalue weighted by molar-refractivity contribution is 6.30. The van der Waals surface area contributed by atoms with Crippen molar-refractivity contribution in [3.63, 3.8) is 0 Å². The fourth-order valence-corrected chi connectivity index (χ4v) is 3.30. The van der Waals surface area contributed by atoms with Crippen molar-refractivity contribution in [3.8, 4) is 0 Å². The molecule has 1 aromatic heterocycles. The van der Waals surface area contributed by atoms with Gasteiger partial charge in [-0.3, -0.25) is 9.58 Å². The minimum absolute atomic E-state index is 0.0735. The van der Waals surface area contributed by atoms with Gasteiger partial charge < -0.3 is 9.64 Å². The highest BCUT2D eigenvalue weighted by atomic mass is 35.5. The third-order valence-electron chi connectivity index (χ3n) is 4.65. The molecule has 1 amide bonds. The van der Waals surface area contributed by atoms with Crippen LogP contribution in [0.4, 0.5) is 4.79 Å². The van der Waals surface area contributed by atoms with Crippen molar-refractivity contribution in [2.75, 3.05) is 13.1 Å². The van der Waals surface area contributed by atoms with Crippen LogP contribution in [0.3, 0.4) is 0 Å². The standard InChI is InChI=1S/C17H29ClN4O2/c1-11-14(15(18)20(7)19-11)10-21-8-9-22(13(3)12(21)2)16(23)24-17(4,5)6/h12-13H,8-10H2,1-7H3/t12-,13-/m1/s1. The summed E-state index contributed by atoms with van der Waals surface area (Å²) in [4.78, 5) is 16.6. The maximum absolute atomic E-state index is 12.4. The molecule has 2 heterocycles. The average Bonchev–Trinajstić information content (AvgIpc) is 2.68. The summed E-state index contributed by atoms with van der Waals surface area (Å²) in [5.74, 6) is 0. The summed E-state index contributed by atoms with van der Waals surface area (Å²) in [6.07, 6.45) is -0.239. The van der Waals surface area contributed by atoms with Crippen LogP contribution in [0.2, 0.25) is 5.15 Å². The Bertz CT molecular complexity index is 608. The molecule has 0 aromatic carbocycles. The monoisotopic (exact) mass is 356 g/mol. The van der Waals surface area contributed by atoms with Gasteiger partial charge in [0.25, 0.3) is 0 Å². The largest absolute Gasteiger partial charge is 0.444 e. The molecule has 0 radical (unpaired) electrons. The number of carbonyl (C=O) groups is 1. The van der Waals surface area contributed by atoms with Crippen LogP contribution < -0.4 is 0 Å². The number of ether oxygens (including phenoxy) is 1. The van der Waals surface area contributed by atoms with Gasteiger partial charge in [0.05, 0.1) is 5.69 Å². The number of halogens is 1. The zero-order valence-corrected chi connectivity index (χ0v) is 16.5. The number of piperazine rings is 1. The minimum Gasteiger partial charge on any atom is -0.444 e. The van der Waals surface area contributed by atoms with Gasteiger partial charge in [-0.05, 0) is 41.5 Å².